The number of hydrogen-bond donors (Lipinski definition) is 1. The Morgan fingerprint density at radius 2 is 2.24 bits per heavy atom. The van der Waals surface area contributed by atoms with Gasteiger partial charge in [0.15, 0.2) is 11.6 Å². The molecule has 120 valence electrons. The molecular weight excluding hydrogens is 292 g/mol. The zero-order chi connectivity index (χ0) is 15.5. The number of rotatable bonds is 6. The molecule has 0 saturated carbocycles. The number of nitrogens with one attached hydrogen (secondary N) is 1. The molecule has 1 atom stereocenters. The van der Waals surface area contributed by atoms with Crippen molar-refractivity contribution in [1.82, 2.24) is 20.1 Å². The normalized spacial score (nSPS) is 21.0. The molecule has 7 nitrogen and oxygen atoms in total. The molecule has 2 heterocycles. The van der Waals surface area contributed by atoms with Crippen molar-refractivity contribution in [2.24, 2.45) is 0 Å². The second-order valence-corrected chi connectivity index (χ2v) is 8.14. The zero-order valence-electron chi connectivity index (χ0n) is 12.9. The highest BCUT2D eigenvalue weighted by molar-refractivity contribution is 7.90. The molecule has 0 amide bonds. The molecule has 1 aliphatic rings. The fraction of sp³-hybridized carbons (Fsp3) is 0.846. The van der Waals surface area contributed by atoms with E-state index in [4.69, 9.17) is 4.74 Å². The lowest BCUT2D eigenvalue weighted by Gasteiger charge is -2.31. The van der Waals surface area contributed by atoms with Gasteiger partial charge in [-0.2, -0.15) is 5.10 Å². The van der Waals surface area contributed by atoms with Crippen LogP contribution < -0.4 is 0 Å². The first-order chi connectivity index (χ1) is 9.85. The highest BCUT2D eigenvalue weighted by Crippen LogP contribution is 2.20. The minimum Gasteiger partial charge on any atom is -0.368 e. The van der Waals surface area contributed by atoms with Gasteiger partial charge in [-0.25, -0.2) is 13.4 Å². The standard InChI is InChI=1S/C13H24N4O3S/c1-10(2)12-14-13(16-15-12)11-9-17(6-7-20-11)5-4-8-21(3,18)19/h10-11H,4-9H2,1-3H3,(H,14,15,16)/t11-/m1/s1. The monoisotopic (exact) mass is 316 g/mol. The number of morpholine rings is 1. The summed E-state index contributed by atoms with van der Waals surface area (Å²) in [6.45, 7) is 7.03. The van der Waals surface area contributed by atoms with E-state index in [9.17, 15) is 8.42 Å². The minimum absolute atomic E-state index is 0.114. The second kappa shape index (κ2) is 6.85. The third kappa shape index (κ3) is 5.05. The first kappa shape index (κ1) is 16.4. The minimum atomic E-state index is -2.88. The third-order valence-corrected chi connectivity index (χ3v) is 4.51. The molecule has 1 aliphatic heterocycles. The van der Waals surface area contributed by atoms with Crippen LogP contribution in [0.1, 0.15) is 43.9 Å². The number of aromatic nitrogens is 3. The average molecular weight is 316 g/mol. The van der Waals surface area contributed by atoms with Gasteiger partial charge in [0.05, 0.1) is 12.4 Å². The van der Waals surface area contributed by atoms with Gasteiger partial charge in [-0.15, -0.1) is 0 Å². The summed E-state index contributed by atoms with van der Waals surface area (Å²) >= 11 is 0. The van der Waals surface area contributed by atoms with Crippen molar-refractivity contribution in [3.05, 3.63) is 11.6 Å². The molecule has 1 saturated heterocycles. The fourth-order valence-corrected chi connectivity index (χ4v) is 2.97. The van der Waals surface area contributed by atoms with Crippen LogP contribution in [0.5, 0.6) is 0 Å². The van der Waals surface area contributed by atoms with Crippen molar-refractivity contribution >= 4 is 9.84 Å². The quantitative estimate of drug-likeness (QED) is 0.832. The van der Waals surface area contributed by atoms with Crippen LogP contribution in [0.2, 0.25) is 0 Å². The fourth-order valence-electron chi connectivity index (χ4n) is 2.31. The Balaban J connectivity index is 1.88. The van der Waals surface area contributed by atoms with Crippen molar-refractivity contribution in [3.63, 3.8) is 0 Å². The Bertz CT molecular complexity index is 556. The maximum atomic E-state index is 11.2. The lowest BCUT2D eigenvalue weighted by Crippen LogP contribution is -2.39. The number of H-pyrrole nitrogens is 1. The summed E-state index contributed by atoms with van der Waals surface area (Å²) in [7, 11) is -2.88. The first-order valence-electron chi connectivity index (χ1n) is 7.29. The summed E-state index contributed by atoms with van der Waals surface area (Å²) in [4.78, 5) is 6.69. The van der Waals surface area contributed by atoms with E-state index in [0.717, 1.165) is 31.3 Å². The van der Waals surface area contributed by atoms with E-state index in [1.807, 2.05) is 13.8 Å². The molecule has 2 rings (SSSR count). The highest BCUT2D eigenvalue weighted by atomic mass is 32.2. The molecule has 1 fully saturated rings. The molecule has 0 spiro atoms. The topological polar surface area (TPSA) is 88.2 Å². The van der Waals surface area contributed by atoms with E-state index in [-0.39, 0.29) is 17.8 Å². The molecule has 0 radical (unpaired) electrons. The van der Waals surface area contributed by atoms with Crippen LogP contribution in [-0.4, -0.2) is 66.7 Å². The number of aromatic amines is 1. The van der Waals surface area contributed by atoms with E-state index in [0.29, 0.717) is 13.0 Å². The molecule has 1 aromatic rings. The average Bonchev–Trinajstić information content (AvgIpc) is 2.87. The predicted molar refractivity (Wildman–Crippen MR) is 79.9 cm³/mol. The van der Waals surface area contributed by atoms with Crippen molar-refractivity contribution in [3.8, 4) is 0 Å². The van der Waals surface area contributed by atoms with E-state index >= 15 is 0 Å². The zero-order valence-corrected chi connectivity index (χ0v) is 13.7. The Labute approximate surface area is 126 Å². The van der Waals surface area contributed by atoms with Crippen LogP contribution in [-0.2, 0) is 14.6 Å². The summed E-state index contributed by atoms with van der Waals surface area (Å²) in [6, 6.07) is 0. The van der Waals surface area contributed by atoms with Crippen LogP contribution in [0.4, 0.5) is 0 Å². The van der Waals surface area contributed by atoms with E-state index in [2.05, 4.69) is 20.1 Å². The molecule has 0 bridgehead atoms. The Morgan fingerprint density at radius 1 is 1.48 bits per heavy atom. The summed E-state index contributed by atoms with van der Waals surface area (Å²) in [5.41, 5.74) is 0. The molecule has 1 aromatic heterocycles. The SMILES string of the molecule is CC(C)c1n[nH]c([C@H]2CN(CCCS(C)(=O)=O)CCO2)n1. The first-order valence-corrected chi connectivity index (χ1v) is 9.35. The van der Waals surface area contributed by atoms with E-state index < -0.39 is 9.84 Å². The summed E-state index contributed by atoms with van der Waals surface area (Å²) < 4.78 is 28.1. The summed E-state index contributed by atoms with van der Waals surface area (Å²) in [6.07, 6.45) is 1.81. The lowest BCUT2D eigenvalue weighted by atomic mass is 10.2. The van der Waals surface area contributed by atoms with E-state index in [1.54, 1.807) is 0 Å². The molecule has 21 heavy (non-hydrogen) atoms. The summed E-state index contributed by atoms with van der Waals surface area (Å²) in [5, 5.41) is 7.15. The Hall–Kier alpha value is -0.990. The van der Waals surface area contributed by atoms with Gasteiger partial charge in [-0.3, -0.25) is 10.00 Å². The number of sulfone groups is 1. The number of hydrogen-bond acceptors (Lipinski definition) is 6. The predicted octanol–water partition coefficient (Wildman–Crippen LogP) is 0.736. The highest BCUT2D eigenvalue weighted by Gasteiger charge is 2.25. The lowest BCUT2D eigenvalue weighted by molar-refractivity contribution is -0.0340. The van der Waals surface area contributed by atoms with Crippen molar-refractivity contribution < 1.29 is 13.2 Å². The molecule has 0 unspecified atom stereocenters. The van der Waals surface area contributed by atoms with Gasteiger partial charge in [0.25, 0.3) is 0 Å². The van der Waals surface area contributed by atoms with Crippen LogP contribution in [0.25, 0.3) is 0 Å². The van der Waals surface area contributed by atoms with Gasteiger partial charge >= 0.3 is 0 Å². The maximum absolute atomic E-state index is 11.2. The van der Waals surface area contributed by atoms with Crippen LogP contribution in [0.15, 0.2) is 0 Å². The van der Waals surface area contributed by atoms with Crippen molar-refractivity contribution in [2.75, 3.05) is 38.2 Å². The number of nitrogens with zero attached hydrogens (tertiary/aromatic N) is 3. The Morgan fingerprint density at radius 3 is 2.86 bits per heavy atom. The number of ether oxygens (including phenoxy) is 1. The van der Waals surface area contributed by atoms with Crippen LogP contribution in [0.3, 0.4) is 0 Å². The van der Waals surface area contributed by atoms with E-state index in [1.165, 1.54) is 6.26 Å². The van der Waals surface area contributed by atoms with Gasteiger partial charge in [-0.1, -0.05) is 13.8 Å². The molecular formula is C13H24N4O3S. The van der Waals surface area contributed by atoms with Gasteiger partial charge < -0.3 is 4.74 Å². The largest absolute Gasteiger partial charge is 0.368 e. The summed E-state index contributed by atoms with van der Waals surface area (Å²) in [5.74, 6) is 2.06. The molecule has 0 aliphatic carbocycles. The van der Waals surface area contributed by atoms with Gasteiger partial charge in [-0.05, 0) is 13.0 Å². The molecule has 1 N–H and O–H groups in total. The van der Waals surface area contributed by atoms with Gasteiger partial charge in [0, 0.05) is 25.3 Å². The molecule has 8 heteroatoms. The Kier molecular flexibility index (Phi) is 5.34. The van der Waals surface area contributed by atoms with Gasteiger partial charge in [0.1, 0.15) is 15.9 Å². The van der Waals surface area contributed by atoms with Gasteiger partial charge in [0.2, 0.25) is 0 Å². The molecule has 0 aromatic carbocycles. The maximum Gasteiger partial charge on any atom is 0.155 e. The van der Waals surface area contributed by atoms with Crippen molar-refractivity contribution in [2.45, 2.75) is 32.3 Å². The van der Waals surface area contributed by atoms with Crippen molar-refractivity contribution in [1.29, 1.82) is 0 Å². The van der Waals surface area contributed by atoms with Crippen LogP contribution >= 0.6 is 0 Å². The second-order valence-electron chi connectivity index (χ2n) is 5.88. The van der Waals surface area contributed by atoms with Crippen LogP contribution in [0, 0.1) is 0 Å². The smallest absolute Gasteiger partial charge is 0.155 e. The third-order valence-electron chi connectivity index (χ3n) is 3.48.